The molecule has 0 saturated heterocycles. The van der Waals surface area contributed by atoms with Gasteiger partial charge in [-0.05, 0) is 91.8 Å². The summed E-state index contributed by atoms with van der Waals surface area (Å²) in [5.41, 5.74) is 1.20. The molecule has 0 bridgehead atoms. The van der Waals surface area contributed by atoms with E-state index >= 15 is 0 Å². The Balaban J connectivity index is 0.00000141. The molecule has 0 radical (unpaired) electrons. The van der Waals surface area contributed by atoms with E-state index in [0.29, 0.717) is 16.9 Å². The largest absolute Gasteiger partial charge is 0.271 e. The van der Waals surface area contributed by atoms with Crippen LogP contribution in [0.4, 0.5) is 0 Å². The highest BCUT2D eigenvalue weighted by atomic mass is 15.3. The summed E-state index contributed by atoms with van der Waals surface area (Å²) in [5.74, 6) is 6.36. The van der Waals surface area contributed by atoms with Crippen molar-refractivity contribution < 1.29 is 0 Å². The van der Waals surface area contributed by atoms with Crippen molar-refractivity contribution in [1.29, 1.82) is 5.26 Å². The molecule has 3 saturated carbocycles. The van der Waals surface area contributed by atoms with Gasteiger partial charge < -0.3 is 0 Å². The Morgan fingerprint density at radius 3 is 2.59 bits per heavy atom. The average Bonchev–Trinajstić information content (AvgIpc) is 3.42. The van der Waals surface area contributed by atoms with Gasteiger partial charge in [0.2, 0.25) is 0 Å². The van der Waals surface area contributed by atoms with E-state index in [-0.39, 0.29) is 0 Å². The molecule has 3 aliphatic rings. The highest BCUT2D eigenvalue weighted by Crippen LogP contribution is 2.64. The first-order chi connectivity index (χ1) is 15.5. The smallest absolute Gasteiger partial charge is 0.102 e. The lowest BCUT2D eigenvalue weighted by Gasteiger charge is -2.55. The Morgan fingerprint density at radius 1 is 1.16 bits per heavy atom. The molecule has 0 N–H and O–H groups in total. The van der Waals surface area contributed by atoms with Crippen LogP contribution in [0.5, 0.6) is 0 Å². The lowest BCUT2D eigenvalue weighted by atomic mass is 9.50. The van der Waals surface area contributed by atoms with Crippen LogP contribution in [-0.2, 0) is 6.54 Å². The van der Waals surface area contributed by atoms with E-state index in [9.17, 15) is 0 Å². The zero-order chi connectivity index (χ0) is 23.3. The van der Waals surface area contributed by atoms with Gasteiger partial charge in [-0.1, -0.05) is 60.8 Å². The number of hydrogen-bond acceptors (Lipinski definition) is 2. The molecule has 4 rings (SSSR count). The fraction of sp³-hybridized carbons (Fsp3) is 0.862. The van der Waals surface area contributed by atoms with Gasteiger partial charge in [-0.3, -0.25) is 4.68 Å². The highest BCUT2D eigenvalue weighted by Gasteiger charge is 2.57. The van der Waals surface area contributed by atoms with Crippen molar-refractivity contribution in [3.05, 3.63) is 18.0 Å². The minimum Gasteiger partial charge on any atom is -0.271 e. The summed E-state index contributed by atoms with van der Waals surface area (Å²) >= 11 is 0. The van der Waals surface area contributed by atoms with Gasteiger partial charge in [0.15, 0.2) is 0 Å². The molecular formula is C29H49N3. The molecule has 3 heteroatoms. The van der Waals surface area contributed by atoms with Crippen LogP contribution < -0.4 is 0 Å². The van der Waals surface area contributed by atoms with Gasteiger partial charge in [-0.25, -0.2) is 0 Å². The Bertz CT molecular complexity index is 746. The molecular weight excluding hydrogens is 390 g/mol. The number of aromatic nitrogens is 2. The Hall–Kier alpha value is -1.30. The van der Waals surface area contributed by atoms with E-state index in [1.165, 1.54) is 64.2 Å². The minimum atomic E-state index is 0.514. The van der Waals surface area contributed by atoms with Crippen LogP contribution in [0, 0.1) is 58.2 Å². The van der Waals surface area contributed by atoms with Crippen molar-refractivity contribution in [3.8, 4) is 6.07 Å². The fourth-order valence-corrected chi connectivity index (χ4v) is 8.55. The third-order valence-electron chi connectivity index (χ3n) is 9.93. The number of hydrogen-bond donors (Lipinski definition) is 0. The predicted molar refractivity (Wildman–Crippen MR) is 134 cm³/mol. The predicted octanol–water partition coefficient (Wildman–Crippen LogP) is 8.10. The number of nitriles is 1. The van der Waals surface area contributed by atoms with E-state index in [4.69, 9.17) is 5.26 Å². The second-order valence-electron chi connectivity index (χ2n) is 11.3. The van der Waals surface area contributed by atoms with E-state index in [1.54, 1.807) is 6.20 Å². The Kier molecular flexibility index (Phi) is 8.88. The molecule has 3 aliphatic carbocycles. The zero-order valence-corrected chi connectivity index (χ0v) is 21.8. The van der Waals surface area contributed by atoms with Crippen LogP contribution in [0.2, 0.25) is 0 Å². The van der Waals surface area contributed by atoms with Crippen LogP contribution in [-0.4, -0.2) is 9.78 Å². The zero-order valence-electron chi connectivity index (χ0n) is 21.8. The van der Waals surface area contributed by atoms with Crippen molar-refractivity contribution in [3.63, 3.8) is 0 Å². The molecule has 8 unspecified atom stereocenters. The van der Waals surface area contributed by atoms with Crippen LogP contribution >= 0.6 is 0 Å². The van der Waals surface area contributed by atoms with Gasteiger partial charge in [0.05, 0.1) is 11.8 Å². The molecule has 3 nitrogen and oxygen atoms in total. The van der Waals surface area contributed by atoms with E-state index in [1.807, 2.05) is 24.7 Å². The van der Waals surface area contributed by atoms with E-state index < -0.39 is 0 Å². The summed E-state index contributed by atoms with van der Waals surface area (Å²) in [7, 11) is 0. The number of unbranched alkanes of at least 4 members (excludes halogenated alkanes) is 1. The first-order valence-electron chi connectivity index (χ1n) is 13.9. The summed E-state index contributed by atoms with van der Waals surface area (Å²) in [6.45, 7) is 14.9. The van der Waals surface area contributed by atoms with E-state index in [2.05, 4.69) is 38.9 Å². The standard InChI is InChI=1S/C27H43N3.C2H6/c1-5-7-8-22-21(6-2)9-10-24-23(22)13-14-27(4)25(11-12-26(24)27)19(3)17-30-18-20(15-28)16-29-30;1-2/h16,18-19,21-26H,5-14,17H2,1-4H3;1-2H3. The molecule has 3 fully saturated rings. The van der Waals surface area contributed by atoms with Crippen LogP contribution in [0.1, 0.15) is 111 Å². The highest BCUT2D eigenvalue weighted by molar-refractivity contribution is 5.21. The number of rotatable bonds is 7. The number of fused-ring (bicyclic) bond motifs is 3. The van der Waals surface area contributed by atoms with Gasteiger partial charge >= 0.3 is 0 Å². The lowest BCUT2D eigenvalue weighted by Crippen LogP contribution is -2.48. The van der Waals surface area contributed by atoms with E-state index in [0.717, 1.165) is 42.1 Å². The third kappa shape index (κ3) is 4.80. The van der Waals surface area contributed by atoms with Crippen molar-refractivity contribution in [2.45, 2.75) is 112 Å². The average molecular weight is 440 g/mol. The minimum absolute atomic E-state index is 0.514. The summed E-state index contributed by atoms with van der Waals surface area (Å²) in [4.78, 5) is 0. The van der Waals surface area contributed by atoms with Crippen LogP contribution in [0.25, 0.3) is 0 Å². The monoisotopic (exact) mass is 439 g/mol. The van der Waals surface area contributed by atoms with Crippen molar-refractivity contribution >= 4 is 0 Å². The summed E-state index contributed by atoms with van der Waals surface area (Å²) < 4.78 is 2.01. The molecule has 1 aromatic rings. The molecule has 1 aromatic heterocycles. The maximum Gasteiger partial charge on any atom is 0.102 e. The topological polar surface area (TPSA) is 41.6 Å². The van der Waals surface area contributed by atoms with Crippen LogP contribution in [0.15, 0.2) is 12.4 Å². The first-order valence-corrected chi connectivity index (χ1v) is 13.9. The molecule has 0 aliphatic heterocycles. The second-order valence-corrected chi connectivity index (χ2v) is 11.3. The maximum absolute atomic E-state index is 9.11. The summed E-state index contributed by atoms with van der Waals surface area (Å²) in [5, 5.41) is 13.6. The van der Waals surface area contributed by atoms with Gasteiger partial charge in [0.25, 0.3) is 0 Å². The SMILES string of the molecule is CC.CCCCC1C(CC)CCC2C1CCC1(C)C(C(C)Cn3cc(C#N)cn3)CCC21. The molecule has 1 heterocycles. The van der Waals surface area contributed by atoms with Gasteiger partial charge in [-0.2, -0.15) is 10.4 Å². The molecule has 0 amide bonds. The quantitative estimate of drug-likeness (QED) is 0.430. The lowest BCUT2D eigenvalue weighted by molar-refractivity contribution is -0.0630. The Labute approximate surface area is 198 Å². The number of nitrogens with zero attached hydrogens (tertiary/aromatic N) is 3. The Morgan fingerprint density at radius 2 is 1.94 bits per heavy atom. The molecule has 180 valence electrons. The third-order valence-corrected chi connectivity index (χ3v) is 9.93. The summed E-state index contributed by atoms with van der Waals surface area (Å²) in [6, 6.07) is 2.22. The fourth-order valence-electron chi connectivity index (χ4n) is 8.55. The second kappa shape index (κ2) is 11.2. The van der Waals surface area contributed by atoms with Crippen molar-refractivity contribution in [2.24, 2.45) is 46.8 Å². The maximum atomic E-state index is 9.11. The summed E-state index contributed by atoms with van der Waals surface area (Å²) in [6.07, 6.45) is 18.1. The van der Waals surface area contributed by atoms with Crippen molar-refractivity contribution in [2.75, 3.05) is 0 Å². The first kappa shape index (κ1) is 25.3. The molecule has 32 heavy (non-hydrogen) atoms. The molecule has 0 aromatic carbocycles. The van der Waals surface area contributed by atoms with Gasteiger partial charge in [-0.15, -0.1) is 0 Å². The van der Waals surface area contributed by atoms with Crippen LogP contribution in [0.3, 0.4) is 0 Å². The molecule has 8 atom stereocenters. The van der Waals surface area contributed by atoms with Gasteiger partial charge in [0, 0.05) is 12.7 Å². The van der Waals surface area contributed by atoms with Gasteiger partial charge in [0.1, 0.15) is 6.07 Å². The molecule has 0 spiro atoms. The normalized spacial score (nSPS) is 36.9. The van der Waals surface area contributed by atoms with Crippen molar-refractivity contribution in [1.82, 2.24) is 9.78 Å².